The van der Waals surface area contributed by atoms with Crippen molar-refractivity contribution < 1.29 is 4.74 Å². The first-order valence-corrected chi connectivity index (χ1v) is 6.43. The van der Waals surface area contributed by atoms with Crippen molar-refractivity contribution in [1.82, 2.24) is 9.55 Å². The Balaban J connectivity index is 1.94. The van der Waals surface area contributed by atoms with Gasteiger partial charge in [0.1, 0.15) is 12.4 Å². The summed E-state index contributed by atoms with van der Waals surface area (Å²) in [4.78, 5) is 15.7. The third-order valence-corrected chi connectivity index (χ3v) is 3.08. The van der Waals surface area contributed by atoms with Crippen molar-refractivity contribution in [1.29, 1.82) is 0 Å². The number of ether oxygens (including phenoxy) is 1. The van der Waals surface area contributed by atoms with Crippen LogP contribution in [0.15, 0.2) is 41.6 Å². The lowest BCUT2D eigenvalue weighted by Crippen LogP contribution is -2.25. The Morgan fingerprint density at radius 3 is 2.78 bits per heavy atom. The average Bonchev–Trinajstić information content (AvgIpc) is 2.37. The van der Waals surface area contributed by atoms with Crippen LogP contribution in [0, 0.1) is 3.57 Å². The second-order valence-electron chi connectivity index (χ2n) is 3.66. The molecule has 94 valence electrons. The summed E-state index contributed by atoms with van der Waals surface area (Å²) in [7, 11) is 0. The molecule has 0 saturated carbocycles. The fraction of sp³-hybridized carbons (Fsp3) is 0.167. The third kappa shape index (κ3) is 3.22. The molecule has 0 bridgehead atoms. The average molecular weight is 357 g/mol. The Hall–Kier alpha value is -1.57. The van der Waals surface area contributed by atoms with Crippen LogP contribution in [-0.4, -0.2) is 16.2 Å². The van der Waals surface area contributed by atoms with E-state index < -0.39 is 0 Å². The Bertz CT molecular complexity index is 581. The highest BCUT2D eigenvalue weighted by molar-refractivity contribution is 14.1. The van der Waals surface area contributed by atoms with Crippen LogP contribution in [-0.2, 0) is 6.54 Å². The molecule has 0 fully saturated rings. The predicted molar refractivity (Wildman–Crippen MR) is 77.6 cm³/mol. The fourth-order valence-electron chi connectivity index (χ4n) is 1.41. The van der Waals surface area contributed by atoms with Crippen LogP contribution in [0.1, 0.15) is 0 Å². The normalized spacial score (nSPS) is 10.3. The Kier molecular flexibility index (Phi) is 4.19. The summed E-state index contributed by atoms with van der Waals surface area (Å²) < 4.78 is 7.64. The summed E-state index contributed by atoms with van der Waals surface area (Å²) >= 11 is 1.97. The number of hydrogen-bond acceptors (Lipinski definition) is 4. The van der Waals surface area contributed by atoms with Gasteiger partial charge in [-0.15, -0.1) is 0 Å². The van der Waals surface area contributed by atoms with E-state index in [4.69, 9.17) is 10.5 Å². The van der Waals surface area contributed by atoms with E-state index >= 15 is 0 Å². The Morgan fingerprint density at radius 1 is 1.33 bits per heavy atom. The molecule has 18 heavy (non-hydrogen) atoms. The highest BCUT2D eigenvalue weighted by Gasteiger charge is 2.00. The van der Waals surface area contributed by atoms with E-state index in [1.54, 1.807) is 30.5 Å². The molecule has 0 aliphatic carbocycles. The number of rotatable bonds is 4. The lowest BCUT2D eigenvalue weighted by Gasteiger charge is -2.08. The molecule has 0 spiro atoms. The van der Waals surface area contributed by atoms with Gasteiger partial charge in [0.15, 0.2) is 0 Å². The van der Waals surface area contributed by atoms with Crippen molar-refractivity contribution in [2.24, 2.45) is 0 Å². The van der Waals surface area contributed by atoms with Gasteiger partial charge in [0.25, 0.3) is 5.56 Å². The zero-order valence-electron chi connectivity index (χ0n) is 9.54. The van der Waals surface area contributed by atoms with Gasteiger partial charge in [-0.05, 0) is 46.9 Å². The van der Waals surface area contributed by atoms with Gasteiger partial charge in [-0.1, -0.05) is 0 Å². The lowest BCUT2D eigenvalue weighted by atomic mass is 10.3. The molecule has 1 aromatic carbocycles. The highest BCUT2D eigenvalue weighted by Crippen LogP contribution is 2.12. The number of nitrogens with two attached hydrogens (primary N) is 1. The van der Waals surface area contributed by atoms with E-state index in [1.807, 2.05) is 22.6 Å². The van der Waals surface area contributed by atoms with Crippen molar-refractivity contribution in [2.75, 3.05) is 12.3 Å². The molecule has 0 radical (unpaired) electrons. The molecule has 0 unspecified atom stereocenters. The summed E-state index contributed by atoms with van der Waals surface area (Å²) in [6, 6.07) is 7.14. The maximum atomic E-state index is 11.7. The van der Waals surface area contributed by atoms with Gasteiger partial charge in [-0.25, -0.2) is 4.98 Å². The zero-order valence-corrected chi connectivity index (χ0v) is 11.7. The first-order valence-electron chi connectivity index (χ1n) is 5.35. The standard InChI is InChI=1S/C12H12IN3O2/c13-11-7-15-8-16(12(11)17)5-6-18-10-3-1-9(14)2-4-10/h1-4,7-8H,5-6,14H2. The van der Waals surface area contributed by atoms with Crippen LogP contribution in [0.3, 0.4) is 0 Å². The van der Waals surface area contributed by atoms with Crippen molar-refractivity contribution in [3.63, 3.8) is 0 Å². The summed E-state index contributed by atoms with van der Waals surface area (Å²) in [5.41, 5.74) is 6.22. The van der Waals surface area contributed by atoms with E-state index in [0.29, 0.717) is 22.4 Å². The second-order valence-corrected chi connectivity index (χ2v) is 4.82. The number of nitrogen functional groups attached to an aromatic ring is 1. The maximum Gasteiger partial charge on any atom is 0.266 e. The monoisotopic (exact) mass is 357 g/mol. The Morgan fingerprint density at radius 2 is 2.06 bits per heavy atom. The third-order valence-electron chi connectivity index (χ3n) is 2.34. The number of benzene rings is 1. The topological polar surface area (TPSA) is 70.1 Å². The first-order chi connectivity index (χ1) is 8.66. The van der Waals surface area contributed by atoms with Gasteiger partial charge in [-0.3, -0.25) is 9.36 Å². The molecule has 5 nitrogen and oxygen atoms in total. The number of hydrogen-bond donors (Lipinski definition) is 1. The molecular weight excluding hydrogens is 345 g/mol. The molecule has 0 aliphatic heterocycles. The van der Waals surface area contributed by atoms with Crippen LogP contribution >= 0.6 is 22.6 Å². The molecule has 1 aromatic heterocycles. The quantitative estimate of drug-likeness (QED) is 0.665. The van der Waals surface area contributed by atoms with Crippen molar-refractivity contribution in [3.05, 3.63) is 50.7 Å². The number of nitrogens with zero attached hydrogens (tertiary/aromatic N) is 2. The molecule has 0 amide bonds. The molecule has 2 aromatic rings. The number of halogens is 1. The van der Waals surface area contributed by atoms with Gasteiger partial charge >= 0.3 is 0 Å². The van der Waals surface area contributed by atoms with Crippen LogP contribution < -0.4 is 16.0 Å². The van der Waals surface area contributed by atoms with E-state index in [9.17, 15) is 4.79 Å². The van der Waals surface area contributed by atoms with Gasteiger partial charge in [0.2, 0.25) is 0 Å². The number of aromatic nitrogens is 2. The van der Waals surface area contributed by atoms with E-state index in [0.717, 1.165) is 5.75 Å². The van der Waals surface area contributed by atoms with E-state index in [1.165, 1.54) is 10.9 Å². The summed E-state index contributed by atoms with van der Waals surface area (Å²) in [6.45, 7) is 0.874. The molecule has 2 rings (SSSR count). The summed E-state index contributed by atoms with van der Waals surface area (Å²) in [5.74, 6) is 0.732. The fourth-order valence-corrected chi connectivity index (χ4v) is 1.88. The van der Waals surface area contributed by atoms with Crippen LogP contribution in [0.5, 0.6) is 5.75 Å². The maximum absolute atomic E-state index is 11.7. The largest absolute Gasteiger partial charge is 0.492 e. The molecule has 0 aliphatic rings. The van der Waals surface area contributed by atoms with Gasteiger partial charge in [0.05, 0.1) is 16.4 Å². The van der Waals surface area contributed by atoms with Crippen LogP contribution in [0.2, 0.25) is 0 Å². The van der Waals surface area contributed by atoms with E-state index in [2.05, 4.69) is 4.98 Å². The lowest BCUT2D eigenvalue weighted by molar-refractivity contribution is 0.295. The van der Waals surface area contributed by atoms with Crippen molar-refractivity contribution >= 4 is 28.3 Å². The minimum Gasteiger partial charge on any atom is -0.492 e. The SMILES string of the molecule is Nc1ccc(OCCn2cncc(I)c2=O)cc1. The molecular formula is C12H12IN3O2. The van der Waals surface area contributed by atoms with Crippen molar-refractivity contribution in [3.8, 4) is 5.75 Å². The van der Waals surface area contributed by atoms with Crippen molar-refractivity contribution in [2.45, 2.75) is 6.54 Å². The van der Waals surface area contributed by atoms with Crippen LogP contribution in [0.4, 0.5) is 5.69 Å². The molecule has 2 N–H and O–H groups in total. The molecule has 0 saturated heterocycles. The Labute approximate surface area is 118 Å². The highest BCUT2D eigenvalue weighted by atomic mass is 127. The minimum absolute atomic E-state index is 0.0495. The summed E-state index contributed by atoms with van der Waals surface area (Å²) in [5, 5.41) is 0. The number of anilines is 1. The molecule has 1 heterocycles. The van der Waals surface area contributed by atoms with E-state index in [-0.39, 0.29) is 5.56 Å². The summed E-state index contributed by atoms with van der Waals surface area (Å²) in [6.07, 6.45) is 3.05. The zero-order chi connectivity index (χ0) is 13.0. The predicted octanol–water partition coefficient (Wildman–Crippen LogP) is 1.51. The minimum atomic E-state index is -0.0495. The molecule has 6 heteroatoms. The smallest absolute Gasteiger partial charge is 0.266 e. The second kappa shape index (κ2) is 5.85. The first kappa shape index (κ1) is 12.9. The van der Waals surface area contributed by atoms with Crippen LogP contribution in [0.25, 0.3) is 0 Å². The molecule has 0 atom stereocenters. The van der Waals surface area contributed by atoms with Gasteiger partial charge < -0.3 is 10.5 Å². The van der Waals surface area contributed by atoms with Gasteiger partial charge in [-0.2, -0.15) is 0 Å². The van der Waals surface area contributed by atoms with Gasteiger partial charge in [0, 0.05) is 11.9 Å².